The molecule has 0 saturated carbocycles. The number of alkyl halides is 3. The van der Waals surface area contributed by atoms with Crippen molar-refractivity contribution in [2.45, 2.75) is 51.4 Å². The minimum atomic E-state index is -4.58. The number of benzene rings is 2. The summed E-state index contributed by atoms with van der Waals surface area (Å²) >= 11 is 0. The summed E-state index contributed by atoms with van der Waals surface area (Å²) in [5.41, 5.74) is 7.81. The number of rotatable bonds is 8. The summed E-state index contributed by atoms with van der Waals surface area (Å²) in [7, 11) is 0. The maximum atomic E-state index is 14.4. The highest BCUT2D eigenvalue weighted by molar-refractivity contribution is 6.01. The second kappa shape index (κ2) is 11.9. The van der Waals surface area contributed by atoms with Crippen molar-refractivity contribution in [1.29, 1.82) is 0 Å². The zero-order chi connectivity index (χ0) is 29.3. The van der Waals surface area contributed by atoms with E-state index >= 15 is 0 Å². The molecule has 2 fully saturated rings. The Morgan fingerprint density at radius 3 is 2.52 bits per heavy atom. The third-order valence-corrected chi connectivity index (χ3v) is 8.24. The Kier molecular flexibility index (Phi) is 8.04. The zero-order valence-corrected chi connectivity index (χ0v) is 23.3. The van der Waals surface area contributed by atoms with Crippen molar-refractivity contribution in [2.24, 2.45) is 5.92 Å². The maximum Gasteiger partial charge on any atom is 0.417 e. The molecule has 0 aliphatic carbocycles. The fraction of sp³-hybridized carbons (Fsp3) is 0.452. The lowest BCUT2D eigenvalue weighted by Crippen LogP contribution is -2.27. The average Bonchev–Trinajstić information content (AvgIpc) is 3.60. The van der Waals surface area contributed by atoms with Crippen LogP contribution >= 0.6 is 0 Å². The van der Waals surface area contributed by atoms with Gasteiger partial charge in [0, 0.05) is 25.3 Å². The number of ether oxygens (including phenoxy) is 2. The van der Waals surface area contributed by atoms with Crippen LogP contribution in [0.3, 0.4) is 0 Å². The molecule has 6 rings (SSSR count). The molecule has 0 atom stereocenters. The van der Waals surface area contributed by atoms with Gasteiger partial charge in [-0.05, 0) is 79.1 Å². The van der Waals surface area contributed by atoms with Crippen LogP contribution in [0.25, 0.3) is 11.1 Å². The van der Waals surface area contributed by atoms with Crippen LogP contribution < -0.4 is 15.4 Å². The molecule has 42 heavy (non-hydrogen) atoms. The Morgan fingerprint density at radius 1 is 1.00 bits per heavy atom. The average molecular weight is 582 g/mol. The van der Waals surface area contributed by atoms with E-state index in [-0.39, 0.29) is 42.1 Å². The van der Waals surface area contributed by atoms with E-state index in [0.717, 1.165) is 56.9 Å². The van der Waals surface area contributed by atoms with Crippen LogP contribution in [-0.4, -0.2) is 53.7 Å². The fourth-order valence-corrected chi connectivity index (χ4v) is 5.95. The molecule has 8 nitrogen and oxygen atoms in total. The highest BCUT2D eigenvalue weighted by Gasteiger charge is 2.36. The lowest BCUT2D eigenvalue weighted by molar-refractivity contribution is -0.137. The van der Waals surface area contributed by atoms with Crippen molar-refractivity contribution in [3.63, 3.8) is 0 Å². The van der Waals surface area contributed by atoms with Gasteiger partial charge in [0.1, 0.15) is 11.6 Å². The van der Waals surface area contributed by atoms with E-state index in [1.165, 1.54) is 11.0 Å². The first-order valence-corrected chi connectivity index (χ1v) is 14.4. The number of fused-ring (bicyclic) bond motifs is 1. The van der Waals surface area contributed by atoms with E-state index in [1.54, 1.807) is 18.2 Å². The van der Waals surface area contributed by atoms with Gasteiger partial charge in [0.25, 0.3) is 0 Å². The minimum Gasteiger partial charge on any atom is -0.463 e. The van der Waals surface area contributed by atoms with E-state index in [4.69, 9.17) is 15.2 Å². The number of nitrogens with two attached hydrogens (primary N) is 1. The van der Waals surface area contributed by atoms with Gasteiger partial charge in [-0.15, -0.1) is 0 Å². The first-order valence-electron chi connectivity index (χ1n) is 14.4. The highest BCUT2D eigenvalue weighted by Crippen LogP contribution is 2.39. The van der Waals surface area contributed by atoms with E-state index < -0.39 is 11.7 Å². The van der Waals surface area contributed by atoms with E-state index in [9.17, 15) is 18.0 Å². The first-order chi connectivity index (χ1) is 20.2. The van der Waals surface area contributed by atoms with Crippen LogP contribution in [0.5, 0.6) is 6.01 Å². The summed E-state index contributed by atoms with van der Waals surface area (Å²) in [6.45, 7) is 4.38. The SMILES string of the molecule is Nc1nc(OCC2CCOCC2)nc2c1CC(=O)N2Cc1ccc(-c2cccc(CN3CCCC3)c2)c(C(F)(F)F)c1. The third-order valence-electron chi connectivity index (χ3n) is 8.24. The Hall–Kier alpha value is -3.70. The number of carbonyl (C=O) groups is 1. The number of nitrogens with zero attached hydrogens (tertiary/aromatic N) is 4. The first kappa shape index (κ1) is 28.4. The van der Waals surface area contributed by atoms with Gasteiger partial charge >= 0.3 is 12.2 Å². The van der Waals surface area contributed by atoms with Gasteiger partial charge in [0.2, 0.25) is 5.91 Å². The summed E-state index contributed by atoms with van der Waals surface area (Å²) < 4.78 is 54.3. The van der Waals surface area contributed by atoms with Crippen LogP contribution in [0.4, 0.5) is 24.8 Å². The number of aromatic nitrogens is 2. The molecule has 0 spiro atoms. The maximum absolute atomic E-state index is 14.4. The van der Waals surface area contributed by atoms with Crippen molar-refractivity contribution in [1.82, 2.24) is 14.9 Å². The molecule has 222 valence electrons. The summed E-state index contributed by atoms with van der Waals surface area (Å²) in [6, 6.07) is 11.6. The monoisotopic (exact) mass is 581 g/mol. The number of anilines is 2. The van der Waals surface area contributed by atoms with Crippen molar-refractivity contribution in [2.75, 3.05) is 43.5 Å². The van der Waals surface area contributed by atoms with Crippen LogP contribution in [0.2, 0.25) is 0 Å². The number of nitrogen functional groups attached to an aromatic ring is 1. The molecule has 3 aliphatic heterocycles. The normalized spacial score (nSPS) is 18.1. The third kappa shape index (κ3) is 6.22. The topological polar surface area (TPSA) is 93.8 Å². The Balaban J connectivity index is 1.24. The molecule has 11 heteroatoms. The van der Waals surface area contributed by atoms with E-state index in [1.807, 2.05) is 12.1 Å². The summed E-state index contributed by atoms with van der Waals surface area (Å²) in [5.74, 6) is 0.411. The summed E-state index contributed by atoms with van der Waals surface area (Å²) in [6.07, 6.45) is -0.577. The predicted octanol–water partition coefficient (Wildman–Crippen LogP) is 5.24. The molecule has 0 bridgehead atoms. The fourth-order valence-electron chi connectivity index (χ4n) is 5.95. The van der Waals surface area contributed by atoms with Crippen molar-refractivity contribution < 1.29 is 27.4 Å². The van der Waals surface area contributed by atoms with Crippen molar-refractivity contribution in [3.8, 4) is 17.1 Å². The van der Waals surface area contributed by atoms with E-state index in [2.05, 4.69) is 14.9 Å². The Bertz CT molecular complexity index is 1450. The molecule has 2 aromatic carbocycles. The van der Waals surface area contributed by atoms with Crippen LogP contribution in [-0.2, 0) is 35.2 Å². The van der Waals surface area contributed by atoms with Crippen molar-refractivity contribution in [3.05, 3.63) is 64.7 Å². The molecule has 3 aliphatic rings. The quantitative estimate of drug-likeness (QED) is 0.389. The van der Waals surface area contributed by atoms with E-state index in [0.29, 0.717) is 42.4 Å². The molecule has 0 unspecified atom stereocenters. The van der Waals surface area contributed by atoms with Gasteiger partial charge < -0.3 is 15.2 Å². The molecule has 2 N–H and O–H groups in total. The summed E-state index contributed by atoms with van der Waals surface area (Å²) in [4.78, 5) is 25.3. The lowest BCUT2D eigenvalue weighted by atomic mass is 9.95. The van der Waals surface area contributed by atoms with Gasteiger partial charge in [-0.1, -0.05) is 30.3 Å². The van der Waals surface area contributed by atoms with Gasteiger partial charge in [-0.25, -0.2) is 0 Å². The van der Waals surface area contributed by atoms with Gasteiger partial charge in [0.15, 0.2) is 0 Å². The number of amides is 1. The number of halogens is 3. The molecule has 0 radical (unpaired) electrons. The Morgan fingerprint density at radius 2 is 1.76 bits per heavy atom. The molecule has 2 saturated heterocycles. The number of likely N-dealkylation sites (tertiary alicyclic amines) is 1. The molecule has 1 amide bonds. The van der Waals surface area contributed by atoms with Crippen molar-refractivity contribution >= 4 is 17.5 Å². The van der Waals surface area contributed by atoms with Gasteiger partial charge in [0.05, 0.1) is 25.1 Å². The molecule has 4 heterocycles. The Labute approximate surface area is 242 Å². The van der Waals surface area contributed by atoms with Crippen LogP contribution in [0.1, 0.15) is 47.9 Å². The number of hydrogen-bond donors (Lipinski definition) is 1. The lowest BCUT2D eigenvalue weighted by Gasteiger charge is -2.22. The smallest absolute Gasteiger partial charge is 0.417 e. The molecule has 3 aromatic rings. The van der Waals surface area contributed by atoms with Crippen LogP contribution in [0.15, 0.2) is 42.5 Å². The van der Waals surface area contributed by atoms with Crippen LogP contribution in [0, 0.1) is 5.92 Å². The zero-order valence-electron chi connectivity index (χ0n) is 23.3. The van der Waals surface area contributed by atoms with Gasteiger partial charge in [-0.3, -0.25) is 14.6 Å². The highest BCUT2D eigenvalue weighted by atomic mass is 19.4. The molecular weight excluding hydrogens is 547 g/mol. The molecule has 1 aromatic heterocycles. The largest absolute Gasteiger partial charge is 0.463 e. The van der Waals surface area contributed by atoms with Gasteiger partial charge in [-0.2, -0.15) is 23.1 Å². The second-order valence-corrected chi connectivity index (χ2v) is 11.3. The predicted molar refractivity (Wildman–Crippen MR) is 152 cm³/mol. The molecular formula is C31H34F3N5O3. The number of hydrogen-bond acceptors (Lipinski definition) is 7. The minimum absolute atomic E-state index is 0.0184. The number of carbonyl (C=O) groups excluding carboxylic acids is 1. The standard InChI is InChI=1S/C31H34F3N5O3/c32-31(33,34)26-15-22(6-7-24(26)23-5-3-4-21(14-23)17-38-10-1-2-11-38)18-39-27(40)16-25-28(35)36-30(37-29(25)39)42-19-20-8-12-41-13-9-20/h3-7,14-15,20H,1-2,8-13,16-19H2,(H2,35,36,37). The second-order valence-electron chi connectivity index (χ2n) is 11.3. The summed E-state index contributed by atoms with van der Waals surface area (Å²) in [5, 5.41) is 0.